The smallest absolute Gasteiger partial charge is 0.343 e. The number of hydrogen-bond donors (Lipinski definition) is 1. The molecule has 0 spiro atoms. The summed E-state index contributed by atoms with van der Waals surface area (Å²) in [4.78, 5) is 50.2. The lowest BCUT2D eigenvalue weighted by atomic mass is 10.1. The number of esters is 1. The van der Waals surface area contributed by atoms with Crippen molar-refractivity contribution in [3.05, 3.63) is 46.5 Å². The van der Waals surface area contributed by atoms with Gasteiger partial charge in [-0.2, -0.15) is 0 Å². The fourth-order valence-electron chi connectivity index (χ4n) is 3.24. The van der Waals surface area contributed by atoms with E-state index in [1.54, 1.807) is 6.07 Å². The number of urea groups is 1. The molecular formula is C22H17ClN2O9. The summed E-state index contributed by atoms with van der Waals surface area (Å²) in [6.45, 7) is -0.384. The van der Waals surface area contributed by atoms with E-state index in [0.717, 1.165) is 4.90 Å². The Morgan fingerprint density at radius 2 is 1.91 bits per heavy atom. The highest BCUT2D eigenvalue weighted by atomic mass is 35.5. The van der Waals surface area contributed by atoms with Crippen molar-refractivity contribution in [2.24, 2.45) is 0 Å². The molecule has 2 aliphatic heterocycles. The average Bonchev–Trinajstić information content (AvgIpc) is 3.28. The summed E-state index contributed by atoms with van der Waals surface area (Å²) in [6, 6.07) is 6.45. The van der Waals surface area contributed by atoms with E-state index >= 15 is 0 Å². The summed E-state index contributed by atoms with van der Waals surface area (Å²) in [6.07, 6.45) is 1.25. The van der Waals surface area contributed by atoms with Gasteiger partial charge in [0.15, 0.2) is 29.6 Å². The fourth-order valence-corrected chi connectivity index (χ4v) is 3.51. The van der Waals surface area contributed by atoms with Gasteiger partial charge < -0.3 is 23.7 Å². The van der Waals surface area contributed by atoms with E-state index in [0.29, 0.717) is 17.1 Å². The minimum Gasteiger partial charge on any atom is -0.493 e. The molecule has 2 aliphatic rings. The summed E-state index contributed by atoms with van der Waals surface area (Å²) < 4.78 is 25.7. The number of hydrogen-bond acceptors (Lipinski definition) is 9. The SMILES string of the molecule is COC(=O)COc1c(Cl)cc(/C=C2\C(=O)NC(=O)N(c3ccc4c(c3)OCO4)C2=O)cc1OC. The summed E-state index contributed by atoms with van der Waals surface area (Å²) in [5.74, 6) is -1.30. The highest BCUT2D eigenvalue weighted by Gasteiger charge is 2.37. The molecule has 1 fully saturated rings. The maximum absolute atomic E-state index is 13.1. The molecule has 176 valence electrons. The van der Waals surface area contributed by atoms with Crippen molar-refractivity contribution in [1.29, 1.82) is 0 Å². The van der Waals surface area contributed by atoms with E-state index in [-0.39, 0.29) is 34.6 Å². The van der Waals surface area contributed by atoms with Crippen LogP contribution in [0.2, 0.25) is 5.02 Å². The Morgan fingerprint density at radius 1 is 1.15 bits per heavy atom. The Hall–Kier alpha value is -4.25. The molecule has 0 bridgehead atoms. The number of rotatable bonds is 6. The number of nitrogens with zero attached hydrogens (tertiary/aromatic N) is 1. The third kappa shape index (κ3) is 4.33. The number of imide groups is 2. The highest BCUT2D eigenvalue weighted by molar-refractivity contribution is 6.39. The number of carbonyl (C=O) groups excluding carboxylic acids is 4. The standard InChI is InChI=1S/C22H17ClN2O9/c1-30-17-7-11(6-14(23)19(17)32-9-18(26)31-2)5-13-20(27)24-22(29)25(21(13)28)12-3-4-15-16(8-12)34-10-33-15/h3-8H,9-10H2,1-2H3,(H,24,27,29)/b13-5+. The molecule has 4 amide bonds. The van der Waals surface area contributed by atoms with Gasteiger partial charge in [0.25, 0.3) is 11.8 Å². The van der Waals surface area contributed by atoms with Crippen molar-refractivity contribution in [1.82, 2.24) is 5.32 Å². The molecule has 4 rings (SSSR count). The van der Waals surface area contributed by atoms with Gasteiger partial charge in [-0.3, -0.25) is 14.9 Å². The predicted molar refractivity (Wildman–Crippen MR) is 117 cm³/mol. The number of benzene rings is 2. The van der Waals surface area contributed by atoms with Crippen LogP contribution in [-0.2, 0) is 19.1 Å². The van der Waals surface area contributed by atoms with Crippen molar-refractivity contribution in [3.8, 4) is 23.0 Å². The maximum Gasteiger partial charge on any atom is 0.343 e. The summed E-state index contributed by atoms with van der Waals surface area (Å²) in [5.41, 5.74) is 0.177. The Kier molecular flexibility index (Phi) is 6.28. The van der Waals surface area contributed by atoms with Crippen LogP contribution >= 0.6 is 11.6 Å². The Morgan fingerprint density at radius 3 is 2.65 bits per heavy atom. The molecule has 12 heteroatoms. The van der Waals surface area contributed by atoms with E-state index in [1.807, 2.05) is 0 Å². The second kappa shape index (κ2) is 9.32. The molecule has 0 radical (unpaired) electrons. The topological polar surface area (TPSA) is 130 Å². The first kappa shape index (κ1) is 22.9. The van der Waals surface area contributed by atoms with Gasteiger partial charge in [-0.05, 0) is 35.9 Å². The summed E-state index contributed by atoms with van der Waals surface area (Å²) in [7, 11) is 2.57. The molecule has 11 nitrogen and oxygen atoms in total. The molecule has 0 saturated carbocycles. The minimum absolute atomic E-state index is 0.0184. The molecule has 0 unspecified atom stereocenters. The molecule has 0 atom stereocenters. The number of carbonyl (C=O) groups is 4. The zero-order valence-electron chi connectivity index (χ0n) is 17.9. The van der Waals surface area contributed by atoms with Crippen LogP contribution in [0.1, 0.15) is 5.56 Å². The monoisotopic (exact) mass is 488 g/mol. The van der Waals surface area contributed by atoms with Crippen LogP contribution in [0.25, 0.3) is 6.08 Å². The van der Waals surface area contributed by atoms with Crippen LogP contribution in [0.3, 0.4) is 0 Å². The molecule has 34 heavy (non-hydrogen) atoms. The summed E-state index contributed by atoms with van der Waals surface area (Å²) in [5, 5.41) is 2.19. The highest BCUT2D eigenvalue weighted by Crippen LogP contribution is 2.38. The van der Waals surface area contributed by atoms with Crippen molar-refractivity contribution < 1.29 is 42.9 Å². The van der Waals surface area contributed by atoms with Gasteiger partial charge in [0.1, 0.15) is 5.57 Å². The second-order valence-electron chi connectivity index (χ2n) is 6.89. The minimum atomic E-state index is -0.909. The quantitative estimate of drug-likeness (QED) is 0.369. The lowest BCUT2D eigenvalue weighted by molar-refractivity contribution is -0.143. The molecule has 0 aliphatic carbocycles. The zero-order valence-corrected chi connectivity index (χ0v) is 18.6. The van der Waals surface area contributed by atoms with Gasteiger partial charge in [-0.1, -0.05) is 11.6 Å². The number of nitrogens with one attached hydrogen (secondary N) is 1. The Bertz CT molecular complexity index is 1240. The van der Waals surface area contributed by atoms with Gasteiger partial charge in [0, 0.05) is 6.07 Å². The zero-order chi connectivity index (χ0) is 24.4. The molecule has 2 heterocycles. The fraction of sp³-hybridized carbons (Fsp3) is 0.182. The van der Waals surface area contributed by atoms with E-state index in [4.69, 9.17) is 30.5 Å². The van der Waals surface area contributed by atoms with Crippen molar-refractivity contribution in [2.75, 3.05) is 32.5 Å². The van der Waals surface area contributed by atoms with Crippen molar-refractivity contribution in [3.63, 3.8) is 0 Å². The van der Waals surface area contributed by atoms with Gasteiger partial charge in [0.2, 0.25) is 6.79 Å². The molecule has 2 aromatic rings. The van der Waals surface area contributed by atoms with Gasteiger partial charge in [-0.15, -0.1) is 0 Å². The third-order valence-corrected chi connectivity index (χ3v) is 5.12. The molecule has 1 N–H and O–H groups in total. The lowest BCUT2D eigenvalue weighted by Crippen LogP contribution is -2.54. The average molecular weight is 489 g/mol. The molecule has 1 saturated heterocycles. The van der Waals surface area contributed by atoms with E-state index in [9.17, 15) is 19.2 Å². The number of halogens is 1. The first-order valence-electron chi connectivity index (χ1n) is 9.70. The van der Waals surface area contributed by atoms with Crippen LogP contribution < -0.4 is 29.2 Å². The first-order valence-corrected chi connectivity index (χ1v) is 10.1. The largest absolute Gasteiger partial charge is 0.493 e. The van der Waals surface area contributed by atoms with Crippen LogP contribution in [-0.4, -0.2) is 51.4 Å². The number of methoxy groups -OCH3 is 2. The number of anilines is 1. The van der Waals surface area contributed by atoms with Crippen molar-refractivity contribution >= 4 is 47.2 Å². The van der Waals surface area contributed by atoms with Gasteiger partial charge in [-0.25, -0.2) is 14.5 Å². The second-order valence-corrected chi connectivity index (χ2v) is 7.30. The first-order chi connectivity index (χ1) is 16.3. The summed E-state index contributed by atoms with van der Waals surface area (Å²) >= 11 is 6.27. The Labute approximate surface area is 197 Å². The van der Waals surface area contributed by atoms with E-state index in [2.05, 4.69) is 10.1 Å². The normalized spacial score (nSPS) is 15.9. The molecular weight excluding hydrogens is 472 g/mol. The van der Waals surface area contributed by atoms with Crippen LogP contribution in [0.5, 0.6) is 23.0 Å². The molecule has 2 aromatic carbocycles. The molecule has 0 aromatic heterocycles. The number of amides is 4. The van der Waals surface area contributed by atoms with Gasteiger partial charge in [0.05, 0.1) is 24.9 Å². The number of ether oxygens (including phenoxy) is 5. The van der Waals surface area contributed by atoms with Crippen LogP contribution in [0.15, 0.2) is 35.9 Å². The Balaban J connectivity index is 1.67. The predicted octanol–water partition coefficient (Wildman–Crippen LogP) is 2.30. The van der Waals surface area contributed by atoms with E-state index < -0.39 is 30.4 Å². The van der Waals surface area contributed by atoms with Crippen LogP contribution in [0, 0.1) is 0 Å². The van der Waals surface area contributed by atoms with Gasteiger partial charge >= 0.3 is 12.0 Å². The van der Waals surface area contributed by atoms with Crippen LogP contribution in [0.4, 0.5) is 10.5 Å². The van der Waals surface area contributed by atoms with Crippen molar-refractivity contribution in [2.45, 2.75) is 0 Å². The maximum atomic E-state index is 13.1. The van der Waals surface area contributed by atoms with E-state index in [1.165, 1.54) is 44.6 Å². The lowest BCUT2D eigenvalue weighted by Gasteiger charge is -2.26. The number of barbiturate groups is 1. The number of fused-ring (bicyclic) bond motifs is 1. The third-order valence-electron chi connectivity index (χ3n) is 4.84.